The average molecular weight is 300 g/mol. The van der Waals surface area contributed by atoms with Crippen LogP contribution < -0.4 is 14.3 Å². The van der Waals surface area contributed by atoms with E-state index >= 15 is 0 Å². The number of nitrogens with zero attached hydrogens (tertiary/aromatic N) is 3. The number of piperidine rings is 1. The Hall–Kier alpha value is -1.12. The number of aromatic nitrogens is 2. The zero-order valence-electron chi connectivity index (χ0n) is 11.7. The summed E-state index contributed by atoms with van der Waals surface area (Å²) in [4.78, 5) is 1.34. The van der Waals surface area contributed by atoms with Crippen LogP contribution in [0.1, 0.15) is 31.7 Å². The molecule has 2 fully saturated rings. The second-order valence-corrected chi connectivity index (χ2v) is 7.38. The largest absolute Gasteiger partial charge is 0.336 e. The Morgan fingerprint density at radius 2 is 2.20 bits per heavy atom. The van der Waals surface area contributed by atoms with Crippen LogP contribution in [0.15, 0.2) is 12.4 Å². The van der Waals surface area contributed by atoms with Crippen molar-refractivity contribution in [3.63, 3.8) is 0 Å². The van der Waals surface area contributed by atoms with Crippen molar-refractivity contribution < 1.29 is 13.3 Å². The molecule has 7 nitrogen and oxygen atoms in total. The highest BCUT2D eigenvalue weighted by atomic mass is 32.2. The van der Waals surface area contributed by atoms with Crippen molar-refractivity contribution in [2.45, 2.75) is 37.8 Å². The van der Waals surface area contributed by atoms with Crippen molar-refractivity contribution in [1.29, 1.82) is 0 Å². The molecule has 1 unspecified atom stereocenters. The monoisotopic (exact) mass is 300 g/mol. The van der Waals surface area contributed by atoms with E-state index in [1.54, 1.807) is 6.20 Å². The number of rotatable bonds is 4. The maximum absolute atomic E-state index is 12.0. The molecule has 3 rings (SSSR count). The van der Waals surface area contributed by atoms with Gasteiger partial charge in [0.25, 0.3) is 10.2 Å². The lowest BCUT2D eigenvalue weighted by Gasteiger charge is -2.34. The predicted octanol–water partition coefficient (Wildman–Crippen LogP) is -1.09. The summed E-state index contributed by atoms with van der Waals surface area (Å²) in [5, 5.41) is 9.72. The molecule has 1 aromatic heterocycles. The van der Waals surface area contributed by atoms with Gasteiger partial charge in [-0.2, -0.15) is 13.5 Å². The van der Waals surface area contributed by atoms with E-state index in [0.717, 1.165) is 38.8 Å². The molecule has 3 N–H and O–H groups in total. The number of quaternary nitrogens is 1. The second kappa shape index (κ2) is 5.01. The first-order chi connectivity index (χ1) is 9.45. The Morgan fingerprint density at radius 1 is 1.45 bits per heavy atom. The van der Waals surface area contributed by atoms with Gasteiger partial charge in [0.15, 0.2) is 0 Å². The van der Waals surface area contributed by atoms with E-state index in [1.807, 2.05) is 10.9 Å². The number of hydrogen-bond donors (Lipinski definition) is 2. The summed E-state index contributed by atoms with van der Waals surface area (Å²) in [5.74, 6) is 0. The Bertz CT molecular complexity index is 580. The molecule has 2 atom stereocenters. The van der Waals surface area contributed by atoms with Crippen molar-refractivity contribution >= 4 is 15.9 Å². The van der Waals surface area contributed by atoms with Crippen LogP contribution in [0.25, 0.3) is 0 Å². The van der Waals surface area contributed by atoms with Gasteiger partial charge in [0, 0.05) is 6.20 Å². The Balaban J connectivity index is 1.88. The van der Waals surface area contributed by atoms with Gasteiger partial charge in [-0.05, 0) is 25.7 Å². The molecule has 1 aromatic rings. The van der Waals surface area contributed by atoms with E-state index in [9.17, 15) is 8.42 Å². The lowest BCUT2D eigenvalue weighted by atomic mass is 10.1. The topological polar surface area (TPSA) is 85.7 Å². The van der Waals surface area contributed by atoms with Crippen molar-refractivity contribution in [3.8, 4) is 0 Å². The van der Waals surface area contributed by atoms with E-state index in [2.05, 4.69) is 12.1 Å². The third kappa shape index (κ3) is 2.82. The van der Waals surface area contributed by atoms with E-state index in [-0.39, 0.29) is 6.04 Å². The standard InChI is InChI=1S/C12H21N5O2S/c1-15-6-2-3-11(8-15)17(20(13,18)19)12-7-14-16(9-12)10-4-5-10/h7,9-11H,2-6,8H2,1H3,(H2,13,18,19)/p+1/t11-/m0/s1. The van der Waals surface area contributed by atoms with E-state index < -0.39 is 10.2 Å². The summed E-state index contributed by atoms with van der Waals surface area (Å²) in [6.07, 6.45) is 7.53. The second-order valence-electron chi connectivity index (χ2n) is 5.96. The first-order valence-corrected chi connectivity index (χ1v) is 8.63. The van der Waals surface area contributed by atoms with Gasteiger partial charge in [-0.15, -0.1) is 0 Å². The van der Waals surface area contributed by atoms with Crippen LogP contribution in [-0.4, -0.2) is 44.4 Å². The van der Waals surface area contributed by atoms with Gasteiger partial charge in [0.05, 0.1) is 44.1 Å². The van der Waals surface area contributed by atoms with Crippen LogP contribution in [0, 0.1) is 0 Å². The molecule has 2 heterocycles. The molecule has 1 saturated carbocycles. The number of nitrogens with two attached hydrogens (primary N) is 1. The molecule has 2 aliphatic rings. The molecule has 1 aliphatic carbocycles. The van der Waals surface area contributed by atoms with Crippen LogP contribution in [-0.2, 0) is 10.2 Å². The Labute approximate surface area is 119 Å². The Morgan fingerprint density at radius 3 is 2.80 bits per heavy atom. The van der Waals surface area contributed by atoms with E-state index in [4.69, 9.17) is 5.14 Å². The molecule has 0 bridgehead atoms. The fraction of sp³-hybridized carbons (Fsp3) is 0.750. The van der Waals surface area contributed by atoms with Gasteiger partial charge in [-0.1, -0.05) is 0 Å². The molecule has 0 radical (unpaired) electrons. The minimum atomic E-state index is -3.77. The van der Waals surface area contributed by atoms with Crippen molar-refractivity contribution in [2.75, 3.05) is 24.4 Å². The summed E-state index contributed by atoms with van der Waals surface area (Å²) in [6, 6.07) is 0.362. The Kier molecular flexibility index (Phi) is 3.47. The van der Waals surface area contributed by atoms with Crippen molar-refractivity contribution in [2.24, 2.45) is 5.14 Å². The minimum absolute atomic E-state index is 0.0735. The summed E-state index contributed by atoms with van der Waals surface area (Å²) in [6.45, 7) is 1.86. The van der Waals surface area contributed by atoms with Gasteiger partial charge in [0.1, 0.15) is 0 Å². The summed E-state index contributed by atoms with van der Waals surface area (Å²) in [5.41, 5.74) is 0.596. The number of nitrogens with one attached hydrogen (secondary N) is 1. The maximum atomic E-state index is 12.0. The molecule has 0 aromatic carbocycles. The zero-order valence-corrected chi connectivity index (χ0v) is 12.5. The van der Waals surface area contributed by atoms with Crippen LogP contribution in [0.4, 0.5) is 5.69 Å². The molecule has 8 heteroatoms. The van der Waals surface area contributed by atoms with Crippen LogP contribution in [0.2, 0.25) is 0 Å². The molecular weight excluding hydrogens is 278 g/mol. The maximum Gasteiger partial charge on any atom is 0.299 e. The SMILES string of the molecule is C[NH+]1CCC[C@H](N(c2cnn(C3CC3)c2)S(N)(=O)=O)C1. The highest BCUT2D eigenvalue weighted by molar-refractivity contribution is 7.90. The number of likely N-dealkylation sites (N-methyl/N-ethyl adjacent to an activating group) is 1. The van der Waals surface area contributed by atoms with Gasteiger partial charge < -0.3 is 4.90 Å². The van der Waals surface area contributed by atoms with Gasteiger partial charge in [-0.25, -0.2) is 9.44 Å². The predicted molar refractivity (Wildman–Crippen MR) is 75.7 cm³/mol. The summed E-state index contributed by atoms with van der Waals surface area (Å²) >= 11 is 0. The highest BCUT2D eigenvalue weighted by Crippen LogP contribution is 2.35. The summed E-state index contributed by atoms with van der Waals surface area (Å²) < 4.78 is 27.2. The molecule has 0 spiro atoms. The number of likely N-dealkylation sites (tertiary alicyclic amines) is 1. The van der Waals surface area contributed by atoms with Crippen molar-refractivity contribution in [3.05, 3.63) is 12.4 Å². The average Bonchev–Trinajstić information content (AvgIpc) is 3.09. The molecule has 0 amide bonds. The molecular formula is C12H22N5O2S+. The minimum Gasteiger partial charge on any atom is -0.336 e. The smallest absolute Gasteiger partial charge is 0.299 e. The summed E-state index contributed by atoms with van der Waals surface area (Å²) in [7, 11) is -1.68. The fourth-order valence-corrected chi connectivity index (χ4v) is 3.98. The first-order valence-electron chi connectivity index (χ1n) is 7.13. The zero-order chi connectivity index (χ0) is 14.3. The van der Waals surface area contributed by atoms with Gasteiger partial charge in [-0.3, -0.25) is 4.68 Å². The van der Waals surface area contributed by atoms with Crippen molar-refractivity contribution in [1.82, 2.24) is 9.78 Å². The molecule has 1 aliphatic heterocycles. The highest BCUT2D eigenvalue weighted by Gasteiger charge is 2.34. The van der Waals surface area contributed by atoms with Crippen LogP contribution >= 0.6 is 0 Å². The molecule has 112 valence electrons. The molecule has 20 heavy (non-hydrogen) atoms. The fourth-order valence-electron chi connectivity index (χ4n) is 2.99. The number of anilines is 1. The number of hydrogen-bond acceptors (Lipinski definition) is 3. The van der Waals surface area contributed by atoms with Crippen LogP contribution in [0.5, 0.6) is 0 Å². The third-order valence-corrected chi connectivity index (χ3v) is 5.15. The van der Waals surface area contributed by atoms with Crippen LogP contribution in [0.3, 0.4) is 0 Å². The third-order valence-electron chi connectivity index (χ3n) is 4.09. The lowest BCUT2D eigenvalue weighted by molar-refractivity contribution is -0.885. The quantitative estimate of drug-likeness (QED) is 0.740. The molecule has 1 saturated heterocycles. The normalized spacial score (nSPS) is 27.5. The van der Waals surface area contributed by atoms with E-state index in [0.29, 0.717) is 11.7 Å². The van der Waals surface area contributed by atoms with Gasteiger partial charge >= 0.3 is 0 Å². The first kappa shape index (κ1) is 13.8. The van der Waals surface area contributed by atoms with E-state index in [1.165, 1.54) is 9.21 Å². The van der Waals surface area contributed by atoms with Gasteiger partial charge in [0.2, 0.25) is 0 Å². The lowest BCUT2D eigenvalue weighted by Crippen LogP contribution is -3.11.